The molecule has 2 rings (SSSR count). The Balaban J connectivity index is 2.17. The Morgan fingerprint density at radius 1 is 1.24 bits per heavy atom. The Labute approximate surface area is 134 Å². The van der Waals surface area contributed by atoms with E-state index in [1.54, 1.807) is 6.20 Å². The van der Waals surface area contributed by atoms with E-state index < -0.39 is 0 Å². The highest BCUT2D eigenvalue weighted by Gasteiger charge is 2.08. The van der Waals surface area contributed by atoms with Crippen molar-refractivity contribution in [1.29, 1.82) is 0 Å². The number of hydrogen-bond acceptors (Lipinski definition) is 3. The minimum atomic E-state index is 0.417. The molecule has 0 aliphatic carbocycles. The van der Waals surface area contributed by atoms with E-state index in [1.165, 1.54) is 5.56 Å². The SMILES string of the molecule is CCc1ccc(Oc2ncc(Br)cc2CNC(C)C)cc1. The average molecular weight is 349 g/mol. The van der Waals surface area contributed by atoms with Crippen LogP contribution < -0.4 is 10.1 Å². The Bertz CT molecular complexity index is 582. The minimum Gasteiger partial charge on any atom is -0.439 e. The third-order valence-electron chi connectivity index (χ3n) is 3.14. The lowest BCUT2D eigenvalue weighted by Gasteiger charge is -2.13. The smallest absolute Gasteiger partial charge is 0.223 e. The molecule has 0 saturated heterocycles. The molecule has 21 heavy (non-hydrogen) atoms. The van der Waals surface area contributed by atoms with Gasteiger partial charge in [-0.25, -0.2) is 4.98 Å². The van der Waals surface area contributed by atoms with Crippen molar-refractivity contribution in [3.8, 4) is 11.6 Å². The van der Waals surface area contributed by atoms with E-state index in [-0.39, 0.29) is 0 Å². The average Bonchev–Trinajstić information content (AvgIpc) is 2.48. The zero-order chi connectivity index (χ0) is 15.2. The first-order valence-electron chi connectivity index (χ1n) is 7.23. The topological polar surface area (TPSA) is 34.1 Å². The molecule has 2 aromatic rings. The maximum Gasteiger partial charge on any atom is 0.223 e. The molecule has 0 aliphatic heterocycles. The highest BCUT2D eigenvalue weighted by Crippen LogP contribution is 2.26. The number of halogens is 1. The summed E-state index contributed by atoms with van der Waals surface area (Å²) >= 11 is 3.46. The van der Waals surface area contributed by atoms with Gasteiger partial charge in [0.05, 0.1) is 0 Å². The predicted molar refractivity (Wildman–Crippen MR) is 89.8 cm³/mol. The van der Waals surface area contributed by atoms with Crippen LogP contribution in [0.1, 0.15) is 31.9 Å². The van der Waals surface area contributed by atoms with E-state index in [9.17, 15) is 0 Å². The first-order valence-corrected chi connectivity index (χ1v) is 8.02. The van der Waals surface area contributed by atoms with Gasteiger partial charge in [-0.2, -0.15) is 0 Å². The van der Waals surface area contributed by atoms with Crippen molar-refractivity contribution in [2.75, 3.05) is 0 Å². The summed E-state index contributed by atoms with van der Waals surface area (Å²) in [6, 6.07) is 10.6. The van der Waals surface area contributed by atoms with Gasteiger partial charge < -0.3 is 10.1 Å². The lowest BCUT2D eigenvalue weighted by atomic mass is 10.2. The van der Waals surface area contributed by atoms with E-state index in [2.05, 4.69) is 59.1 Å². The highest BCUT2D eigenvalue weighted by atomic mass is 79.9. The monoisotopic (exact) mass is 348 g/mol. The Hall–Kier alpha value is -1.39. The molecule has 0 atom stereocenters. The van der Waals surface area contributed by atoms with Gasteiger partial charge >= 0.3 is 0 Å². The molecule has 4 heteroatoms. The summed E-state index contributed by atoms with van der Waals surface area (Å²) in [6.45, 7) is 7.11. The molecule has 0 amide bonds. The first-order chi connectivity index (χ1) is 10.1. The Morgan fingerprint density at radius 2 is 1.95 bits per heavy atom. The largest absolute Gasteiger partial charge is 0.439 e. The maximum absolute atomic E-state index is 5.92. The van der Waals surface area contributed by atoms with Crippen molar-refractivity contribution >= 4 is 15.9 Å². The van der Waals surface area contributed by atoms with Gasteiger partial charge in [-0.05, 0) is 46.1 Å². The molecule has 1 N–H and O–H groups in total. The van der Waals surface area contributed by atoms with Crippen LogP contribution in [0.25, 0.3) is 0 Å². The van der Waals surface area contributed by atoms with Gasteiger partial charge in [0.2, 0.25) is 5.88 Å². The number of aryl methyl sites for hydroxylation is 1. The third kappa shape index (κ3) is 4.83. The number of pyridine rings is 1. The van der Waals surface area contributed by atoms with Crippen molar-refractivity contribution in [2.24, 2.45) is 0 Å². The fourth-order valence-corrected chi connectivity index (χ4v) is 2.28. The van der Waals surface area contributed by atoms with Crippen molar-refractivity contribution in [3.05, 3.63) is 52.1 Å². The molecule has 1 aromatic heterocycles. The fraction of sp³-hybridized carbons (Fsp3) is 0.353. The first kappa shape index (κ1) is 16.0. The second-order valence-electron chi connectivity index (χ2n) is 5.25. The normalized spacial score (nSPS) is 10.9. The van der Waals surface area contributed by atoms with Gasteiger partial charge in [-0.3, -0.25) is 0 Å². The van der Waals surface area contributed by atoms with Gasteiger partial charge in [0.15, 0.2) is 0 Å². The van der Waals surface area contributed by atoms with Gasteiger partial charge in [-0.1, -0.05) is 32.9 Å². The quantitative estimate of drug-likeness (QED) is 0.821. The van der Waals surface area contributed by atoms with Gasteiger partial charge in [0, 0.05) is 28.8 Å². The van der Waals surface area contributed by atoms with Crippen LogP contribution in [0.4, 0.5) is 0 Å². The lowest BCUT2D eigenvalue weighted by molar-refractivity contribution is 0.450. The predicted octanol–water partition coefficient (Wildman–Crippen LogP) is 4.70. The van der Waals surface area contributed by atoms with Crippen molar-refractivity contribution in [3.63, 3.8) is 0 Å². The van der Waals surface area contributed by atoms with E-state index in [0.717, 1.165) is 28.8 Å². The summed E-state index contributed by atoms with van der Waals surface area (Å²) in [5.41, 5.74) is 2.34. The zero-order valence-electron chi connectivity index (χ0n) is 12.7. The summed E-state index contributed by atoms with van der Waals surface area (Å²) in [6.07, 6.45) is 2.79. The zero-order valence-corrected chi connectivity index (χ0v) is 14.3. The molecule has 0 bridgehead atoms. The summed E-state index contributed by atoms with van der Waals surface area (Å²) in [4.78, 5) is 4.38. The standard InChI is InChI=1S/C17H21BrN2O/c1-4-13-5-7-16(8-6-13)21-17-14(10-19-12(2)3)9-15(18)11-20-17/h5-9,11-12,19H,4,10H2,1-3H3. The van der Waals surface area contributed by atoms with E-state index in [0.29, 0.717) is 11.9 Å². The van der Waals surface area contributed by atoms with Crippen LogP contribution in [0.2, 0.25) is 0 Å². The summed E-state index contributed by atoms with van der Waals surface area (Å²) in [5, 5.41) is 3.39. The number of nitrogens with zero attached hydrogens (tertiary/aromatic N) is 1. The van der Waals surface area contributed by atoms with Crippen LogP contribution in [0.5, 0.6) is 11.6 Å². The molecule has 0 unspecified atom stereocenters. The molecule has 0 fully saturated rings. The fourth-order valence-electron chi connectivity index (χ4n) is 1.91. The van der Waals surface area contributed by atoms with Crippen molar-refractivity contribution in [1.82, 2.24) is 10.3 Å². The number of ether oxygens (including phenoxy) is 1. The summed E-state index contributed by atoms with van der Waals surface area (Å²) in [5.74, 6) is 1.46. The lowest BCUT2D eigenvalue weighted by Crippen LogP contribution is -2.22. The van der Waals surface area contributed by atoms with Crippen molar-refractivity contribution < 1.29 is 4.74 Å². The molecule has 112 valence electrons. The van der Waals surface area contributed by atoms with Gasteiger partial charge in [0.25, 0.3) is 0 Å². The van der Waals surface area contributed by atoms with Crippen LogP contribution in [0, 0.1) is 0 Å². The molecule has 0 radical (unpaired) electrons. The van der Waals surface area contributed by atoms with Crippen LogP contribution in [-0.4, -0.2) is 11.0 Å². The summed E-state index contributed by atoms with van der Waals surface area (Å²) in [7, 11) is 0. The number of nitrogens with one attached hydrogen (secondary N) is 1. The number of rotatable bonds is 6. The second kappa shape index (κ2) is 7.57. The van der Waals surface area contributed by atoms with Crippen LogP contribution in [-0.2, 0) is 13.0 Å². The third-order valence-corrected chi connectivity index (χ3v) is 3.57. The molecule has 1 heterocycles. The van der Waals surface area contributed by atoms with Crippen LogP contribution in [0.3, 0.4) is 0 Å². The molecule has 3 nitrogen and oxygen atoms in total. The molecule has 0 saturated carbocycles. The Kier molecular flexibility index (Phi) is 5.76. The molecular weight excluding hydrogens is 328 g/mol. The van der Waals surface area contributed by atoms with E-state index >= 15 is 0 Å². The molecule has 0 aliphatic rings. The molecule has 1 aromatic carbocycles. The van der Waals surface area contributed by atoms with Gasteiger partial charge in [0.1, 0.15) is 5.75 Å². The van der Waals surface area contributed by atoms with Crippen LogP contribution >= 0.6 is 15.9 Å². The number of hydrogen-bond donors (Lipinski definition) is 1. The highest BCUT2D eigenvalue weighted by molar-refractivity contribution is 9.10. The number of benzene rings is 1. The van der Waals surface area contributed by atoms with E-state index in [4.69, 9.17) is 4.74 Å². The summed E-state index contributed by atoms with van der Waals surface area (Å²) < 4.78 is 6.88. The Morgan fingerprint density at radius 3 is 2.57 bits per heavy atom. The minimum absolute atomic E-state index is 0.417. The van der Waals surface area contributed by atoms with E-state index in [1.807, 2.05) is 18.2 Å². The van der Waals surface area contributed by atoms with Crippen molar-refractivity contribution in [2.45, 2.75) is 39.8 Å². The maximum atomic E-state index is 5.92. The van der Waals surface area contributed by atoms with Crippen LogP contribution in [0.15, 0.2) is 41.0 Å². The molecule has 0 spiro atoms. The second-order valence-corrected chi connectivity index (χ2v) is 6.17. The number of aromatic nitrogens is 1. The molecular formula is C17H21BrN2O. The van der Waals surface area contributed by atoms with Gasteiger partial charge in [-0.15, -0.1) is 0 Å².